The van der Waals surface area contributed by atoms with Crippen molar-refractivity contribution in [2.75, 3.05) is 0 Å². The highest BCUT2D eigenvalue weighted by Gasteiger charge is 2.29. The van der Waals surface area contributed by atoms with Crippen LogP contribution < -0.4 is 0 Å². The van der Waals surface area contributed by atoms with Crippen LogP contribution in [0.5, 0.6) is 0 Å². The monoisotopic (exact) mass is 188 g/mol. The summed E-state index contributed by atoms with van der Waals surface area (Å²) >= 11 is 0. The first-order chi connectivity index (χ1) is 6.97. The van der Waals surface area contributed by atoms with Gasteiger partial charge >= 0.3 is 0 Å². The van der Waals surface area contributed by atoms with E-state index in [1.165, 1.54) is 64.2 Å². The van der Waals surface area contributed by atoms with Crippen LogP contribution >= 0.6 is 0 Å². The van der Waals surface area contributed by atoms with Crippen LogP contribution in [0.1, 0.15) is 64.2 Å². The molecule has 0 saturated carbocycles. The van der Waals surface area contributed by atoms with Gasteiger partial charge in [0, 0.05) is 0 Å². The first-order valence-electron chi connectivity index (χ1n) is 6.41. The summed E-state index contributed by atoms with van der Waals surface area (Å²) in [4.78, 5) is 0. The van der Waals surface area contributed by atoms with Gasteiger partial charge in [-0.15, -0.1) is 0 Å². The second-order valence-electron chi connectivity index (χ2n) is 5.04. The lowest BCUT2D eigenvalue weighted by atomic mass is 9.69. The lowest BCUT2D eigenvalue weighted by molar-refractivity contribution is 0.572. The summed E-state index contributed by atoms with van der Waals surface area (Å²) in [5.74, 6) is 0. The maximum absolute atomic E-state index is 1.82. The number of allylic oxidation sites excluding steroid dienone is 4. The van der Waals surface area contributed by atoms with Gasteiger partial charge in [-0.25, -0.2) is 0 Å². The third kappa shape index (κ3) is 1.27. The predicted molar refractivity (Wildman–Crippen MR) is 60.2 cm³/mol. The van der Waals surface area contributed by atoms with Gasteiger partial charge in [0.1, 0.15) is 0 Å². The zero-order valence-corrected chi connectivity index (χ0v) is 9.07. The average molecular weight is 188 g/mol. The molecule has 0 atom stereocenters. The Hall–Kier alpha value is -0.520. The fraction of sp³-hybridized carbons (Fsp3) is 0.714. The smallest absolute Gasteiger partial charge is 0.0273 e. The van der Waals surface area contributed by atoms with E-state index in [2.05, 4.69) is 0 Å². The molecule has 0 spiro atoms. The maximum Gasteiger partial charge on any atom is -0.0273 e. The summed E-state index contributed by atoms with van der Waals surface area (Å²) in [5.41, 5.74) is 7.26. The minimum atomic E-state index is 1.41. The molecule has 0 amide bonds. The molecule has 0 aromatic heterocycles. The van der Waals surface area contributed by atoms with Crippen LogP contribution in [0.4, 0.5) is 0 Å². The van der Waals surface area contributed by atoms with E-state index in [-0.39, 0.29) is 0 Å². The molecule has 0 saturated heterocycles. The summed E-state index contributed by atoms with van der Waals surface area (Å²) in [6, 6.07) is 0. The van der Waals surface area contributed by atoms with Crippen molar-refractivity contribution in [3.05, 3.63) is 22.3 Å². The molecule has 0 fully saturated rings. The molecule has 3 aliphatic carbocycles. The minimum Gasteiger partial charge on any atom is -0.0530 e. The first kappa shape index (κ1) is 8.76. The van der Waals surface area contributed by atoms with E-state index in [9.17, 15) is 0 Å². The molecule has 0 aromatic carbocycles. The molecule has 0 N–H and O–H groups in total. The first-order valence-corrected chi connectivity index (χ1v) is 6.41. The summed E-state index contributed by atoms with van der Waals surface area (Å²) in [6.45, 7) is 0. The van der Waals surface area contributed by atoms with Gasteiger partial charge in [-0.2, -0.15) is 0 Å². The summed E-state index contributed by atoms with van der Waals surface area (Å²) in [5, 5.41) is 0. The summed E-state index contributed by atoms with van der Waals surface area (Å²) < 4.78 is 0. The van der Waals surface area contributed by atoms with E-state index < -0.39 is 0 Å². The zero-order chi connectivity index (χ0) is 9.38. The van der Waals surface area contributed by atoms with Crippen LogP contribution in [-0.2, 0) is 0 Å². The molecule has 0 bridgehead atoms. The van der Waals surface area contributed by atoms with Crippen molar-refractivity contribution in [2.24, 2.45) is 0 Å². The van der Waals surface area contributed by atoms with Crippen molar-refractivity contribution in [1.29, 1.82) is 0 Å². The Labute approximate surface area is 87.1 Å². The van der Waals surface area contributed by atoms with E-state index >= 15 is 0 Å². The third-order valence-corrected chi connectivity index (χ3v) is 4.16. The van der Waals surface area contributed by atoms with Gasteiger partial charge in [0.05, 0.1) is 0 Å². The Bertz CT molecular complexity index is 274. The van der Waals surface area contributed by atoms with Crippen molar-refractivity contribution in [1.82, 2.24) is 0 Å². The second-order valence-corrected chi connectivity index (χ2v) is 5.04. The number of hydrogen-bond acceptors (Lipinski definition) is 0. The second kappa shape index (κ2) is 3.56. The van der Waals surface area contributed by atoms with E-state index in [4.69, 9.17) is 0 Å². The molecule has 76 valence electrons. The van der Waals surface area contributed by atoms with Crippen molar-refractivity contribution in [2.45, 2.75) is 64.2 Å². The molecule has 3 rings (SSSR count). The maximum atomic E-state index is 1.82. The highest BCUT2D eigenvalue weighted by Crippen LogP contribution is 2.48. The Kier molecular flexibility index (Phi) is 2.23. The van der Waals surface area contributed by atoms with Crippen molar-refractivity contribution in [3.63, 3.8) is 0 Å². The SMILES string of the molecule is C1CCCC2=C(CC1)C1=C2CCCC1. The third-order valence-electron chi connectivity index (χ3n) is 4.16. The van der Waals surface area contributed by atoms with Crippen LogP contribution in [0.3, 0.4) is 0 Å². The normalized spacial score (nSPS) is 27.4. The van der Waals surface area contributed by atoms with Crippen LogP contribution in [0, 0.1) is 0 Å². The van der Waals surface area contributed by atoms with E-state index in [0.717, 1.165) is 0 Å². The lowest BCUT2D eigenvalue weighted by Crippen LogP contribution is -2.17. The number of hydrogen-bond donors (Lipinski definition) is 0. The van der Waals surface area contributed by atoms with Gasteiger partial charge in [-0.3, -0.25) is 0 Å². The van der Waals surface area contributed by atoms with Crippen molar-refractivity contribution in [3.8, 4) is 0 Å². The largest absolute Gasteiger partial charge is 0.0530 e. The van der Waals surface area contributed by atoms with Crippen molar-refractivity contribution < 1.29 is 0 Å². The fourth-order valence-electron chi connectivity index (χ4n) is 3.43. The van der Waals surface area contributed by atoms with Crippen LogP contribution in [-0.4, -0.2) is 0 Å². The molecular weight excluding hydrogens is 168 g/mol. The van der Waals surface area contributed by atoms with Gasteiger partial charge in [0.2, 0.25) is 0 Å². The Morgan fingerprint density at radius 1 is 0.357 bits per heavy atom. The predicted octanol–water partition coefficient (Wildman–Crippen LogP) is 4.52. The van der Waals surface area contributed by atoms with Crippen LogP contribution in [0.15, 0.2) is 22.3 Å². The molecule has 0 nitrogen and oxygen atoms in total. The Morgan fingerprint density at radius 3 is 1.00 bits per heavy atom. The Morgan fingerprint density at radius 2 is 0.643 bits per heavy atom. The van der Waals surface area contributed by atoms with Gasteiger partial charge < -0.3 is 0 Å². The fourth-order valence-corrected chi connectivity index (χ4v) is 3.43. The average Bonchev–Trinajstić information content (AvgIpc) is 2.17. The Balaban J connectivity index is 1.82. The van der Waals surface area contributed by atoms with E-state index in [1.54, 1.807) is 0 Å². The molecular formula is C14H20. The number of rotatable bonds is 0. The molecule has 14 heavy (non-hydrogen) atoms. The molecule has 3 aliphatic rings. The zero-order valence-electron chi connectivity index (χ0n) is 9.07. The highest BCUT2D eigenvalue weighted by molar-refractivity contribution is 5.60. The molecule has 0 heterocycles. The van der Waals surface area contributed by atoms with Gasteiger partial charge in [-0.1, -0.05) is 12.8 Å². The summed E-state index contributed by atoms with van der Waals surface area (Å²) in [6.07, 6.45) is 14.4. The molecule has 0 aromatic rings. The van der Waals surface area contributed by atoms with Gasteiger partial charge in [-0.05, 0) is 73.7 Å². The quantitative estimate of drug-likeness (QED) is 0.524. The van der Waals surface area contributed by atoms with Gasteiger partial charge in [0.25, 0.3) is 0 Å². The molecule has 0 radical (unpaired) electrons. The van der Waals surface area contributed by atoms with Crippen molar-refractivity contribution >= 4 is 0 Å². The molecule has 0 unspecified atom stereocenters. The topological polar surface area (TPSA) is 0 Å². The lowest BCUT2D eigenvalue weighted by Gasteiger charge is -2.36. The van der Waals surface area contributed by atoms with Gasteiger partial charge in [0.15, 0.2) is 0 Å². The number of fused-ring (bicyclic) bond motifs is 2. The van der Waals surface area contributed by atoms with E-state index in [1.807, 2.05) is 22.3 Å². The molecule has 0 heteroatoms. The minimum absolute atomic E-state index is 1.41. The highest BCUT2D eigenvalue weighted by atomic mass is 14.3. The standard InChI is InChI=1S/C14H20/c1-2-4-8-12-11(7-3-1)13-9-5-6-10-14(12)13/h1-10H2. The van der Waals surface area contributed by atoms with E-state index in [0.29, 0.717) is 0 Å². The van der Waals surface area contributed by atoms with Crippen LogP contribution in [0.25, 0.3) is 0 Å². The summed E-state index contributed by atoms with van der Waals surface area (Å²) in [7, 11) is 0. The van der Waals surface area contributed by atoms with Crippen LogP contribution in [0.2, 0.25) is 0 Å². The molecule has 0 aliphatic heterocycles.